The molecule has 1 aromatic heterocycles. The summed E-state index contributed by atoms with van der Waals surface area (Å²) in [4.78, 5) is 24.2. The van der Waals surface area contributed by atoms with E-state index < -0.39 is 12.1 Å². The Bertz CT molecular complexity index is 766. The van der Waals surface area contributed by atoms with Gasteiger partial charge in [-0.15, -0.1) is 17.9 Å². The van der Waals surface area contributed by atoms with E-state index >= 15 is 0 Å². The number of esters is 1. The van der Waals surface area contributed by atoms with Gasteiger partial charge in [0.15, 0.2) is 6.10 Å². The highest BCUT2D eigenvalue weighted by atomic mass is 35.5. The molecule has 0 aliphatic rings. The Hall–Kier alpha value is -2.11. The van der Waals surface area contributed by atoms with Crippen molar-refractivity contribution in [3.05, 3.63) is 52.9 Å². The Morgan fingerprint density at radius 1 is 1.43 bits per heavy atom. The zero-order chi connectivity index (χ0) is 16.8. The zero-order valence-electron chi connectivity index (χ0n) is 12.5. The summed E-state index contributed by atoms with van der Waals surface area (Å²) in [6.45, 7) is 5.33. The van der Waals surface area contributed by atoms with Gasteiger partial charge in [-0.25, -0.2) is 4.79 Å². The molecule has 1 N–H and O–H groups in total. The van der Waals surface area contributed by atoms with Crippen molar-refractivity contribution >= 4 is 51.0 Å². The number of benzene rings is 1. The maximum absolute atomic E-state index is 11.8. The van der Waals surface area contributed by atoms with Crippen molar-refractivity contribution in [2.24, 2.45) is 0 Å². The van der Waals surface area contributed by atoms with E-state index in [-0.39, 0.29) is 5.91 Å². The van der Waals surface area contributed by atoms with Crippen molar-refractivity contribution in [3.63, 3.8) is 0 Å². The zero-order valence-corrected chi connectivity index (χ0v) is 14.1. The molecule has 1 aromatic carbocycles. The molecule has 0 saturated heterocycles. The summed E-state index contributed by atoms with van der Waals surface area (Å²) in [7, 11) is 0. The maximum atomic E-state index is 11.8. The number of carbonyl (C=O) groups is 2. The van der Waals surface area contributed by atoms with Gasteiger partial charge in [0.1, 0.15) is 0 Å². The molecular weight excluding hydrogens is 334 g/mol. The lowest BCUT2D eigenvalue weighted by Crippen LogP contribution is -2.35. The van der Waals surface area contributed by atoms with Crippen LogP contribution in [-0.4, -0.2) is 24.5 Å². The Labute approximate surface area is 143 Å². The first-order valence-corrected chi connectivity index (χ1v) is 8.16. The van der Waals surface area contributed by atoms with Crippen LogP contribution in [0.4, 0.5) is 0 Å². The fourth-order valence-electron chi connectivity index (χ4n) is 1.87. The summed E-state index contributed by atoms with van der Waals surface area (Å²) in [6, 6.07) is 7.73. The number of carbonyl (C=O) groups excluding carboxylic acids is 2. The monoisotopic (exact) mass is 349 g/mol. The van der Waals surface area contributed by atoms with Gasteiger partial charge in [-0.2, -0.15) is 0 Å². The molecule has 0 aliphatic heterocycles. The highest BCUT2D eigenvalue weighted by molar-refractivity contribution is 7.20. The van der Waals surface area contributed by atoms with Crippen molar-refractivity contribution < 1.29 is 14.3 Å². The van der Waals surface area contributed by atoms with E-state index in [1.807, 2.05) is 24.3 Å². The number of hydrogen-bond donors (Lipinski definition) is 1. The highest BCUT2D eigenvalue weighted by Crippen LogP contribution is 2.35. The molecule has 0 bridgehead atoms. The number of ether oxygens (including phenoxy) is 1. The molecule has 23 heavy (non-hydrogen) atoms. The topological polar surface area (TPSA) is 55.4 Å². The van der Waals surface area contributed by atoms with E-state index in [1.54, 1.807) is 12.2 Å². The molecule has 1 atom stereocenters. The van der Waals surface area contributed by atoms with E-state index in [2.05, 4.69) is 11.9 Å². The van der Waals surface area contributed by atoms with Gasteiger partial charge in [-0.3, -0.25) is 4.79 Å². The van der Waals surface area contributed by atoms with Gasteiger partial charge in [0, 0.05) is 27.6 Å². The van der Waals surface area contributed by atoms with Gasteiger partial charge in [-0.1, -0.05) is 35.9 Å². The quantitative estimate of drug-likeness (QED) is 0.490. The molecule has 2 aromatic rings. The third-order valence-electron chi connectivity index (χ3n) is 3.01. The second kappa shape index (κ2) is 7.94. The van der Waals surface area contributed by atoms with Gasteiger partial charge in [0.2, 0.25) is 0 Å². The Kier molecular flexibility index (Phi) is 5.96. The number of thiophene rings is 1. The van der Waals surface area contributed by atoms with Crippen molar-refractivity contribution in [2.75, 3.05) is 6.54 Å². The van der Waals surface area contributed by atoms with Crippen LogP contribution in [0.1, 0.15) is 11.8 Å². The van der Waals surface area contributed by atoms with Crippen molar-refractivity contribution in [1.82, 2.24) is 5.32 Å². The Morgan fingerprint density at radius 2 is 2.17 bits per heavy atom. The van der Waals surface area contributed by atoms with Gasteiger partial charge in [0.25, 0.3) is 5.91 Å². The summed E-state index contributed by atoms with van der Waals surface area (Å²) >= 11 is 7.77. The van der Waals surface area contributed by atoms with Gasteiger partial charge in [-0.05, 0) is 19.1 Å². The van der Waals surface area contributed by atoms with Crippen molar-refractivity contribution in [1.29, 1.82) is 0 Å². The standard InChI is InChI=1S/C17H16ClNO3S/c1-3-10-19-17(21)11(2)22-15(20)9-8-14-16(18)12-6-4-5-7-13(12)23-14/h3-9,11H,1,10H2,2H3,(H,19,21)/b9-8-/t11-/m1/s1. The smallest absolute Gasteiger partial charge is 0.331 e. The predicted molar refractivity (Wildman–Crippen MR) is 94.6 cm³/mol. The van der Waals surface area contributed by atoms with Crippen LogP contribution in [0.5, 0.6) is 0 Å². The molecule has 0 unspecified atom stereocenters. The average molecular weight is 350 g/mol. The van der Waals surface area contributed by atoms with Crippen LogP contribution in [0.15, 0.2) is 43.0 Å². The number of rotatable bonds is 6. The van der Waals surface area contributed by atoms with E-state index in [4.69, 9.17) is 16.3 Å². The van der Waals surface area contributed by atoms with Crippen LogP contribution in [0.3, 0.4) is 0 Å². The fourth-order valence-corrected chi connectivity index (χ4v) is 3.27. The molecule has 6 heteroatoms. The summed E-state index contributed by atoms with van der Waals surface area (Å²) in [5, 5.41) is 4.11. The first-order valence-electron chi connectivity index (χ1n) is 6.97. The molecule has 0 fully saturated rings. The molecule has 4 nitrogen and oxygen atoms in total. The summed E-state index contributed by atoms with van der Waals surface area (Å²) in [5.41, 5.74) is 0. The molecule has 120 valence electrons. The second-order valence-corrected chi connectivity index (χ2v) is 6.18. The number of amides is 1. The molecule has 2 rings (SSSR count). The first-order chi connectivity index (χ1) is 11.0. The number of fused-ring (bicyclic) bond motifs is 1. The van der Waals surface area contributed by atoms with Gasteiger partial charge < -0.3 is 10.1 Å². The summed E-state index contributed by atoms with van der Waals surface area (Å²) < 4.78 is 6.08. The summed E-state index contributed by atoms with van der Waals surface area (Å²) in [5.74, 6) is -0.966. The largest absolute Gasteiger partial charge is 0.449 e. The Morgan fingerprint density at radius 3 is 2.87 bits per heavy atom. The molecular formula is C17H16ClNO3S. The first kappa shape index (κ1) is 17.2. The predicted octanol–water partition coefficient (Wildman–Crippen LogP) is 3.80. The van der Waals surface area contributed by atoms with Crippen molar-refractivity contribution in [3.8, 4) is 0 Å². The minimum absolute atomic E-state index is 0.327. The van der Waals surface area contributed by atoms with Crippen molar-refractivity contribution in [2.45, 2.75) is 13.0 Å². The number of hydrogen-bond acceptors (Lipinski definition) is 4. The fraction of sp³-hybridized carbons (Fsp3) is 0.176. The van der Waals surface area contributed by atoms with E-state index in [0.717, 1.165) is 15.0 Å². The SMILES string of the molecule is C=CCNC(=O)[C@@H](C)OC(=O)/C=C\c1sc2ccccc2c1Cl. The molecule has 0 aliphatic carbocycles. The molecule has 0 spiro atoms. The number of nitrogens with one attached hydrogen (secondary N) is 1. The third-order valence-corrected chi connectivity index (χ3v) is 4.67. The van der Waals surface area contributed by atoms with Crippen LogP contribution in [0.2, 0.25) is 5.02 Å². The molecule has 1 amide bonds. The minimum Gasteiger partial charge on any atom is -0.449 e. The third kappa shape index (κ3) is 4.43. The minimum atomic E-state index is -0.870. The van der Waals surface area contributed by atoms with Gasteiger partial charge >= 0.3 is 5.97 Å². The molecule has 0 radical (unpaired) electrons. The average Bonchev–Trinajstić information content (AvgIpc) is 2.87. The van der Waals surface area contributed by atoms with E-state index in [0.29, 0.717) is 11.6 Å². The summed E-state index contributed by atoms with van der Waals surface area (Å²) in [6.07, 6.45) is 3.55. The lowest BCUT2D eigenvalue weighted by molar-refractivity contribution is -0.150. The highest BCUT2D eigenvalue weighted by Gasteiger charge is 2.15. The van der Waals surface area contributed by atoms with Crippen LogP contribution in [0, 0.1) is 0 Å². The molecule has 0 saturated carbocycles. The van der Waals surface area contributed by atoms with Crippen LogP contribution < -0.4 is 5.32 Å². The Balaban J connectivity index is 2.01. The molecule has 1 heterocycles. The number of halogens is 1. The second-order valence-electron chi connectivity index (χ2n) is 4.72. The van der Waals surface area contributed by atoms with Crippen LogP contribution in [0.25, 0.3) is 16.2 Å². The maximum Gasteiger partial charge on any atom is 0.331 e. The van der Waals surface area contributed by atoms with E-state index in [9.17, 15) is 9.59 Å². The lowest BCUT2D eigenvalue weighted by atomic mass is 10.2. The van der Waals surface area contributed by atoms with Crippen LogP contribution in [-0.2, 0) is 14.3 Å². The van der Waals surface area contributed by atoms with Gasteiger partial charge in [0.05, 0.1) is 5.02 Å². The van der Waals surface area contributed by atoms with Crippen LogP contribution >= 0.6 is 22.9 Å². The van der Waals surface area contributed by atoms with E-state index in [1.165, 1.54) is 24.3 Å². The normalized spacial score (nSPS) is 12.3. The lowest BCUT2D eigenvalue weighted by Gasteiger charge is -2.10.